The first-order valence-electron chi connectivity index (χ1n) is 3.85. The highest BCUT2D eigenvalue weighted by Gasteiger charge is 2.23. The first kappa shape index (κ1) is 13.4. The van der Waals surface area contributed by atoms with Crippen molar-refractivity contribution in [3.05, 3.63) is 0 Å². The predicted octanol–water partition coefficient (Wildman–Crippen LogP) is 2.30. The number of hydrogen-bond donors (Lipinski definition) is 1. The third kappa shape index (κ3) is 8.68. The third-order valence-electron chi connectivity index (χ3n) is 1.32. The Hall–Kier alpha value is 0.357. The number of rotatable bonds is 4. The van der Waals surface area contributed by atoms with Gasteiger partial charge >= 0.3 is 12.0 Å². The van der Waals surface area contributed by atoms with Crippen LogP contribution in [0.15, 0.2) is 0 Å². The summed E-state index contributed by atoms with van der Waals surface area (Å²) in [6.07, 6.45) is 0.711. The topological polar surface area (TPSA) is 32.3 Å². The Kier molecular flexibility index (Phi) is 6.12. The summed E-state index contributed by atoms with van der Waals surface area (Å²) in [5.41, 5.74) is 0. The molecule has 1 N–H and O–H groups in total. The van der Waals surface area contributed by atoms with Gasteiger partial charge in [-0.3, -0.25) is 0 Å². The SMILES string of the molecule is CN(C)C(=O)NCCC[Si](Cl)(Cl)Cl. The molecule has 0 spiro atoms. The Balaban J connectivity index is 3.42. The molecular formula is C6H13Cl3N2OSi. The van der Waals surface area contributed by atoms with Gasteiger partial charge in [0.2, 0.25) is 0 Å². The van der Waals surface area contributed by atoms with E-state index in [2.05, 4.69) is 5.32 Å². The average Bonchev–Trinajstić information content (AvgIpc) is 1.95. The number of hydrogen-bond acceptors (Lipinski definition) is 1. The second kappa shape index (κ2) is 5.96. The van der Waals surface area contributed by atoms with Crippen molar-refractivity contribution < 1.29 is 4.79 Å². The lowest BCUT2D eigenvalue weighted by Gasteiger charge is -2.12. The van der Waals surface area contributed by atoms with Crippen LogP contribution >= 0.6 is 33.2 Å². The highest BCUT2D eigenvalue weighted by Crippen LogP contribution is 2.25. The van der Waals surface area contributed by atoms with E-state index in [-0.39, 0.29) is 6.03 Å². The summed E-state index contributed by atoms with van der Waals surface area (Å²) in [6.45, 7) is 0.553. The zero-order valence-electron chi connectivity index (χ0n) is 7.61. The molecule has 0 radical (unpaired) electrons. The predicted molar refractivity (Wildman–Crippen MR) is 59.8 cm³/mol. The molecule has 13 heavy (non-hydrogen) atoms. The van der Waals surface area contributed by atoms with Crippen molar-refractivity contribution in [2.45, 2.75) is 12.5 Å². The zero-order chi connectivity index (χ0) is 10.5. The van der Waals surface area contributed by atoms with E-state index in [0.717, 1.165) is 0 Å². The molecule has 0 unspecified atom stereocenters. The molecule has 0 heterocycles. The highest BCUT2D eigenvalue weighted by molar-refractivity contribution is 7.64. The molecule has 0 saturated heterocycles. The van der Waals surface area contributed by atoms with Crippen molar-refractivity contribution in [3.8, 4) is 0 Å². The van der Waals surface area contributed by atoms with E-state index >= 15 is 0 Å². The van der Waals surface area contributed by atoms with E-state index in [0.29, 0.717) is 19.0 Å². The lowest BCUT2D eigenvalue weighted by atomic mass is 10.5. The van der Waals surface area contributed by atoms with Gasteiger partial charge in [0, 0.05) is 20.6 Å². The molecule has 0 fully saturated rings. The van der Waals surface area contributed by atoms with Crippen LogP contribution in [-0.4, -0.2) is 37.6 Å². The van der Waals surface area contributed by atoms with E-state index in [1.165, 1.54) is 4.90 Å². The molecule has 78 valence electrons. The van der Waals surface area contributed by atoms with Gasteiger partial charge in [0.25, 0.3) is 0 Å². The number of nitrogens with one attached hydrogen (secondary N) is 1. The molecule has 0 aliphatic carbocycles. The zero-order valence-corrected chi connectivity index (χ0v) is 10.9. The van der Waals surface area contributed by atoms with Gasteiger partial charge in [0.05, 0.1) is 0 Å². The smallest absolute Gasteiger partial charge is 0.338 e. The maximum atomic E-state index is 11.0. The second-order valence-electron chi connectivity index (χ2n) is 2.85. The largest absolute Gasteiger partial charge is 0.341 e. The van der Waals surface area contributed by atoms with E-state index < -0.39 is 6.00 Å². The van der Waals surface area contributed by atoms with Crippen LogP contribution in [0.1, 0.15) is 6.42 Å². The van der Waals surface area contributed by atoms with Gasteiger partial charge in [-0.15, -0.1) is 33.2 Å². The highest BCUT2D eigenvalue weighted by atomic mass is 35.8. The number of carbonyl (C=O) groups excluding carboxylic acids is 1. The monoisotopic (exact) mass is 262 g/mol. The molecule has 0 aromatic rings. The Morgan fingerprint density at radius 1 is 1.38 bits per heavy atom. The van der Waals surface area contributed by atoms with E-state index in [4.69, 9.17) is 33.2 Å². The van der Waals surface area contributed by atoms with Crippen molar-refractivity contribution in [3.63, 3.8) is 0 Å². The van der Waals surface area contributed by atoms with Crippen molar-refractivity contribution in [2.24, 2.45) is 0 Å². The molecule has 0 aliphatic heterocycles. The lowest BCUT2D eigenvalue weighted by molar-refractivity contribution is 0.217. The summed E-state index contributed by atoms with van der Waals surface area (Å²) in [5, 5.41) is 2.69. The van der Waals surface area contributed by atoms with Crippen LogP contribution in [0.25, 0.3) is 0 Å². The van der Waals surface area contributed by atoms with Gasteiger partial charge in [-0.2, -0.15) is 0 Å². The summed E-state index contributed by atoms with van der Waals surface area (Å²) >= 11 is 17.0. The second-order valence-corrected chi connectivity index (χ2v) is 12.1. The maximum Gasteiger partial charge on any atom is 0.341 e. The first-order valence-corrected chi connectivity index (χ1v) is 9.09. The van der Waals surface area contributed by atoms with Crippen LogP contribution < -0.4 is 5.32 Å². The van der Waals surface area contributed by atoms with Gasteiger partial charge < -0.3 is 10.2 Å². The molecule has 0 aromatic carbocycles. The van der Waals surface area contributed by atoms with Crippen molar-refractivity contribution in [2.75, 3.05) is 20.6 Å². The minimum absolute atomic E-state index is 0.119. The normalized spacial score (nSPS) is 11.2. The maximum absolute atomic E-state index is 11.0. The molecule has 3 nitrogen and oxygen atoms in total. The summed E-state index contributed by atoms with van der Waals surface area (Å²) in [7, 11) is 3.36. The van der Waals surface area contributed by atoms with Crippen LogP contribution in [0.4, 0.5) is 4.79 Å². The van der Waals surface area contributed by atoms with Gasteiger partial charge in [-0.1, -0.05) is 0 Å². The fourth-order valence-electron chi connectivity index (χ4n) is 0.642. The van der Waals surface area contributed by atoms with Gasteiger partial charge in [0.15, 0.2) is 0 Å². The van der Waals surface area contributed by atoms with Gasteiger partial charge in [-0.05, 0) is 12.5 Å². The molecule has 0 saturated carbocycles. The Labute approximate surface area is 93.4 Å². The van der Waals surface area contributed by atoms with E-state index in [1.54, 1.807) is 14.1 Å². The molecule has 0 aliphatic rings. The third-order valence-corrected chi connectivity index (χ3v) is 3.94. The quantitative estimate of drug-likeness (QED) is 0.471. The summed E-state index contributed by atoms with van der Waals surface area (Å²) in [6, 6.07) is -2.05. The molecular weight excluding hydrogens is 251 g/mol. The average molecular weight is 264 g/mol. The Bertz CT molecular complexity index is 172. The summed E-state index contributed by atoms with van der Waals surface area (Å²) < 4.78 is 0. The van der Waals surface area contributed by atoms with Crippen molar-refractivity contribution >= 4 is 45.3 Å². The number of nitrogens with zero attached hydrogens (tertiary/aromatic N) is 1. The Morgan fingerprint density at radius 3 is 2.31 bits per heavy atom. The molecule has 0 bridgehead atoms. The molecule has 0 aromatic heterocycles. The van der Waals surface area contributed by atoms with E-state index in [1.807, 2.05) is 0 Å². The number of urea groups is 1. The van der Waals surface area contributed by atoms with Crippen LogP contribution in [0.2, 0.25) is 6.04 Å². The first-order chi connectivity index (χ1) is 5.83. The fourth-order valence-corrected chi connectivity index (χ4v) is 2.42. The van der Waals surface area contributed by atoms with Crippen LogP contribution in [0.3, 0.4) is 0 Å². The number of halogens is 3. The van der Waals surface area contributed by atoms with Gasteiger partial charge in [0.1, 0.15) is 0 Å². The molecule has 0 rings (SSSR count). The standard InChI is InChI=1S/C6H13Cl3N2OSi/c1-11(2)6(12)10-4-3-5-13(7,8)9/h3-5H2,1-2H3,(H,10,12). The van der Waals surface area contributed by atoms with Crippen molar-refractivity contribution in [1.29, 1.82) is 0 Å². The number of amides is 2. The molecule has 7 heteroatoms. The Morgan fingerprint density at radius 2 is 1.92 bits per heavy atom. The molecule has 0 atom stereocenters. The van der Waals surface area contributed by atoms with Crippen LogP contribution in [-0.2, 0) is 0 Å². The molecule has 2 amide bonds. The fraction of sp³-hybridized carbons (Fsp3) is 0.833. The van der Waals surface area contributed by atoms with Gasteiger partial charge in [-0.25, -0.2) is 4.79 Å². The summed E-state index contributed by atoms with van der Waals surface area (Å²) in [5.74, 6) is 0. The summed E-state index contributed by atoms with van der Waals surface area (Å²) in [4.78, 5) is 12.5. The lowest BCUT2D eigenvalue weighted by Crippen LogP contribution is -2.35. The van der Waals surface area contributed by atoms with E-state index in [9.17, 15) is 4.79 Å². The van der Waals surface area contributed by atoms with Crippen molar-refractivity contribution in [1.82, 2.24) is 10.2 Å². The number of carbonyl (C=O) groups is 1. The van der Waals surface area contributed by atoms with Crippen LogP contribution in [0, 0.1) is 0 Å². The minimum Gasteiger partial charge on any atom is -0.338 e. The minimum atomic E-state index is -2.50. The van der Waals surface area contributed by atoms with Crippen LogP contribution in [0.5, 0.6) is 0 Å².